The minimum atomic E-state index is 0.220. The smallest absolute Gasteiger partial charge is 0.227 e. The molecule has 0 aliphatic carbocycles. The van der Waals surface area contributed by atoms with Crippen LogP contribution in [0.5, 0.6) is 0 Å². The highest BCUT2D eigenvalue weighted by Gasteiger charge is 2.21. The van der Waals surface area contributed by atoms with Gasteiger partial charge in [0.25, 0.3) is 0 Å². The molecule has 2 N–H and O–H groups in total. The van der Waals surface area contributed by atoms with Crippen molar-refractivity contribution in [3.63, 3.8) is 0 Å². The first-order valence-electron chi connectivity index (χ1n) is 9.70. The lowest BCUT2D eigenvalue weighted by Crippen LogP contribution is -2.37. The molecule has 28 heavy (non-hydrogen) atoms. The van der Waals surface area contributed by atoms with Crippen molar-refractivity contribution in [1.29, 1.82) is 0 Å². The van der Waals surface area contributed by atoms with Crippen LogP contribution in [0.15, 0.2) is 45.2 Å². The molecule has 1 fully saturated rings. The van der Waals surface area contributed by atoms with Crippen LogP contribution in [0.3, 0.4) is 0 Å². The van der Waals surface area contributed by atoms with Crippen molar-refractivity contribution in [3.8, 4) is 0 Å². The number of aliphatic imine (C=N–C) groups is 1. The summed E-state index contributed by atoms with van der Waals surface area (Å²) in [5, 5.41) is 8.68. The summed E-state index contributed by atoms with van der Waals surface area (Å²) in [4.78, 5) is 22.7. The molecule has 6 nitrogen and oxygen atoms in total. The number of carbonyl (C=O) groups is 1. The van der Waals surface area contributed by atoms with Crippen LogP contribution in [0.25, 0.3) is 0 Å². The van der Waals surface area contributed by atoms with Crippen LogP contribution in [-0.2, 0) is 11.3 Å². The van der Waals surface area contributed by atoms with Crippen LogP contribution in [0, 0.1) is 0 Å². The summed E-state index contributed by atoms with van der Waals surface area (Å²) in [6.07, 6.45) is 4.50. The number of hydrogen-bond acceptors (Lipinski definition) is 5. The highest BCUT2D eigenvalue weighted by atomic mass is 32.2. The predicted molar refractivity (Wildman–Crippen MR) is 118 cm³/mol. The molecule has 2 aromatic rings. The second-order valence-corrected chi connectivity index (χ2v) is 8.67. The Bertz CT molecular complexity index is 761. The van der Waals surface area contributed by atoms with Crippen LogP contribution >= 0.6 is 23.1 Å². The zero-order chi connectivity index (χ0) is 19.6. The Kier molecular flexibility index (Phi) is 8.17. The highest BCUT2D eigenvalue weighted by Crippen LogP contribution is 2.22. The number of nitrogens with zero attached hydrogens (tertiary/aromatic N) is 3. The predicted octanol–water partition coefficient (Wildman–Crippen LogP) is 3.51. The van der Waals surface area contributed by atoms with E-state index >= 15 is 0 Å². The van der Waals surface area contributed by atoms with Crippen LogP contribution < -0.4 is 15.5 Å². The first-order valence-corrected chi connectivity index (χ1v) is 11.6. The van der Waals surface area contributed by atoms with E-state index in [9.17, 15) is 4.79 Å². The van der Waals surface area contributed by atoms with Crippen molar-refractivity contribution in [2.24, 2.45) is 4.99 Å². The average molecular weight is 418 g/mol. The van der Waals surface area contributed by atoms with Gasteiger partial charge in [-0.25, -0.2) is 9.98 Å². The number of rotatable bonds is 9. The monoisotopic (exact) mass is 417 g/mol. The lowest BCUT2D eigenvalue weighted by Gasteiger charge is -2.16. The number of carbonyl (C=O) groups excluding carboxylic acids is 1. The van der Waals surface area contributed by atoms with Gasteiger partial charge in [0, 0.05) is 49.1 Å². The number of amides is 1. The number of guanidine groups is 1. The molecule has 1 aliphatic rings. The van der Waals surface area contributed by atoms with Gasteiger partial charge in [0.2, 0.25) is 5.91 Å². The molecule has 150 valence electrons. The quantitative estimate of drug-likeness (QED) is 0.283. The Labute approximate surface area is 174 Å². The topological polar surface area (TPSA) is 69.6 Å². The Hall–Kier alpha value is -2.06. The third kappa shape index (κ3) is 6.24. The van der Waals surface area contributed by atoms with Crippen LogP contribution in [0.1, 0.15) is 31.7 Å². The van der Waals surface area contributed by atoms with E-state index < -0.39 is 0 Å². The van der Waals surface area contributed by atoms with Crippen molar-refractivity contribution in [3.05, 3.63) is 41.4 Å². The minimum Gasteiger partial charge on any atom is -0.357 e. The Balaban J connectivity index is 1.44. The molecule has 0 spiro atoms. The molecule has 1 saturated heterocycles. The van der Waals surface area contributed by atoms with Gasteiger partial charge in [0.15, 0.2) is 5.96 Å². The molecular weight excluding hydrogens is 390 g/mol. The second kappa shape index (κ2) is 11.1. The van der Waals surface area contributed by atoms with E-state index in [-0.39, 0.29) is 5.91 Å². The molecule has 0 saturated carbocycles. The molecular formula is C20H27N5OS2. The second-order valence-electron chi connectivity index (χ2n) is 6.44. The zero-order valence-corrected chi connectivity index (χ0v) is 17.8. The molecule has 0 atom stereocenters. The molecule has 0 unspecified atom stereocenters. The van der Waals surface area contributed by atoms with Gasteiger partial charge in [-0.15, -0.1) is 11.3 Å². The van der Waals surface area contributed by atoms with Gasteiger partial charge in [0.05, 0.1) is 6.54 Å². The summed E-state index contributed by atoms with van der Waals surface area (Å²) >= 11 is 3.48. The number of hydrogen-bond donors (Lipinski definition) is 2. The van der Waals surface area contributed by atoms with E-state index in [1.54, 1.807) is 23.1 Å². The molecule has 2 heterocycles. The van der Waals surface area contributed by atoms with E-state index in [4.69, 9.17) is 0 Å². The summed E-state index contributed by atoms with van der Waals surface area (Å²) in [6, 6.07) is 8.14. The summed E-state index contributed by atoms with van der Waals surface area (Å²) in [7, 11) is 0. The van der Waals surface area contributed by atoms with Crippen molar-refractivity contribution >= 4 is 40.7 Å². The Morgan fingerprint density at radius 1 is 1.32 bits per heavy atom. The van der Waals surface area contributed by atoms with Crippen molar-refractivity contribution in [2.75, 3.05) is 30.3 Å². The first-order chi connectivity index (χ1) is 13.8. The fraction of sp³-hybridized carbons (Fsp3) is 0.450. The maximum atomic E-state index is 11.8. The van der Waals surface area contributed by atoms with Crippen LogP contribution in [0.4, 0.5) is 5.69 Å². The molecule has 0 bridgehead atoms. The van der Waals surface area contributed by atoms with Crippen LogP contribution in [-0.4, -0.2) is 42.2 Å². The number of nitrogens with one attached hydrogen (secondary N) is 2. The summed E-state index contributed by atoms with van der Waals surface area (Å²) in [5.41, 5.74) is 2.12. The lowest BCUT2D eigenvalue weighted by molar-refractivity contribution is -0.117. The third-order valence-corrected chi connectivity index (χ3v) is 6.39. The molecule has 1 aliphatic heterocycles. The fourth-order valence-electron chi connectivity index (χ4n) is 2.93. The Morgan fingerprint density at radius 2 is 2.18 bits per heavy atom. The SMILES string of the molecule is CCNC(=NCc1ccc(N2CCCC2=O)cc1)NCCCSc1nccs1. The van der Waals surface area contributed by atoms with E-state index in [0.717, 1.165) is 59.8 Å². The van der Waals surface area contributed by atoms with E-state index in [1.165, 1.54) is 0 Å². The fourth-order valence-corrected chi connectivity index (χ4v) is 4.58. The molecule has 8 heteroatoms. The summed E-state index contributed by atoms with van der Waals surface area (Å²) < 4.78 is 1.12. The van der Waals surface area contributed by atoms with E-state index in [0.29, 0.717) is 13.0 Å². The average Bonchev–Trinajstić information content (AvgIpc) is 3.38. The van der Waals surface area contributed by atoms with Gasteiger partial charge < -0.3 is 15.5 Å². The van der Waals surface area contributed by atoms with Gasteiger partial charge in [-0.1, -0.05) is 23.9 Å². The molecule has 3 rings (SSSR count). The van der Waals surface area contributed by atoms with E-state index in [1.807, 2.05) is 28.6 Å². The van der Waals surface area contributed by atoms with Gasteiger partial charge in [-0.05, 0) is 37.5 Å². The van der Waals surface area contributed by atoms with Crippen LogP contribution in [0.2, 0.25) is 0 Å². The number of benzene rings is 1. The number of anilines is 1. The number of thiazole rings is 1. The number of aromatic nitrogens is 1. The molecule has 1 aromatic carbocycles. The lowest BCUT2D eigenvalue weighted by atomic mass is 10.2. The summed E-state index contributed by atoms with van der Waals surface area (Å²) in [6.45, 7) is 5.20. The highest BCUT2D eigenvalue weighted by molar-refractivity contribution is 8.00. The normalized spacial score (nSPS) is 14.5. The van der Waals surface area contributed by atoms with Crippen molar-refractivity contribution in [2.45, 2.75) is 37.1 Å². The zero-order valence-electron chi connectivity index (χ0n) is 16.2. The molecule has 1 aromatic heterocycles. The van der Waals surface area contributed by atoms with Crippen molar-refractivity contribution in [1.82, 2.24) is 15.6 Å². The minimum absolute atomic E-state index is 0.220. The van der Waals surface area contributed by atoms with Gasteiger partial charge >= 0.3 is 0 Å². The van der Waals surface area contributed by atoms with Gasteiger partial charge in [-0.3, -0.25) is 4.79 Å². The standard InChI is InChI=1S/C20H27N5OS2/c1-2-21-19(22-10-4-13-27-20-23-11-14-28-20)24-15-16-6-8-17(9-7-16)25-12-3-5-18(25)26/h6-9,11,14H,2-5,10,12-13,15H2,1H3,(H2,21,22,24). The van der Waals surface area contributed by atoms with Crippen molar-refractivity contribution < 1.29 is 4.79 Å². The number of thioether (sulfide) groups is 1. The maximum Gasteiger partial charge on any atom is 0.227 e. The largest absolute Gasteiger partial charge is 0.357 e. The third-order valence-electron chi connectivity index (χ3n) is 4.33. The summed E-state index contributed by atoms with van der Waals surface area (Å²) in [5.74, 6) is 2.09. The van der Waals surface area contributed by atoms with Gasteiger partial charge in [0.1, 0.15) is 4.34 Å². The molecule has 0 radical (unpaired) electrons. The first kappa shape index (κ1) is 20.7. The molecule has 1 amide bonds. The van der Waals surface area contributed by atoms with E-state index in [2.05, 4.69) is 39.7 Å². The maximum absolute atomic E-state index is 11.8. The Morgan fingerprint density at radius 3 is 2.86 bits per heavy atom. The van der Waals surface area contributed by atoms with Gasteiger partial charge in [-0.2, -0.15) is 0 Å².